The third kappa shape index (κ3) is 4.56. The summed E-state index contributed by atoms with van der Waals surface area (Å²) in [5.74, 6) is 0.108. The Morgan fingerprint density at radius 1 is 0.935 bits per heavy atom. The van der Waals surface area contributed by atoms with E-state index in [-0.39, 0.29) is 5.91 Å². The quantitative estimate of drug-likeness (QED) is 0.415. The first-order chi connectivity index (χ1) is 15.2. The van der Waals surface area contributed by atoms with E-state index in [0.29, 0.717) is 6.54 Å². The van der Waals surface area contributed by atoms with E-state index in [1.165, 1.54) is 4.88 Å². The molecule has 31 heavy (non-hydrogen) atoms. The summed E-state index contributed by atoms with van der Waals surface area (Å²) in [5.41, 5.74) is 3.73. The van der Waals surface area contributed by atoms with Gasteiger partial charge in [0.25, 0.3) is 5.91 Å². The molecular formula is C23H22BrN5OS. The van der Waals surface area contributed by atoms with Crippen LogP contribution in [0.3, 0.4) is 0 Å². The molecule has 2 aromatic carbocycles. The molecule has 0 saturated carbocycles. The molecule has 0 radical (unpaired) electrons. The summed E-state index contributed by atoms with van der Waals surface area (Å²) in [6.07, 6.45) is 0. The fourth-order valence-electron chi connectivity index (χ4n) is 3.91. The van der Waals surface area contributed by atoms with E-state index in [9.17, 15) is 4.79 Å². The maximum absolute atomic E-state index is 12.9. The largest absolute Gasteiger partial charge is 0.336 e. The Balaban J connectivity index is 1.18. The van der Waals surface area contributed by atoms with Gasteiger partial charge in [-0.2, -0.15) is 0 Å². The van der Waals surface area contributed by atoms with Gasteiger partial charge in [0, 0.05) is 43.2 Å². The Bertz CT molecular complexity index is 1190. The third-order valence-corrected chi connectivity index (χ3v) is 7.23. The summed E-state index contributed by atoms with van der Waals surface area (Å²) in [6, 6.07) is 20.0. The van der Waals surface area contributed by atoms with Crippen molar-refractivity contribution < 1.29 is 4.79 Å². The predicted molar refractivity (Wildman–Crippen MR) is 126 cm³/mol. The summed E-state index contributed by atoms with van der Waals surface area (Å²) in [4.78, 5) is 18.7. The summed E-state index contributed by atoms with van der Waals surface area (Å²) < 4.78 is 3.05. The second kappa shape index (κ2) is 8.90. The zero-order valence-corrected chi connectivity index (χ0v) is 19.3. The molecule has 5 rings (SSSR count). The molecule has 1 saturated heterocycles. The highest BCUT2D eigenvalue weighted by molar-refractivity contribution is 9.11. The van der Waals surface area contributed by atoms with Crippen molar-refractivity contribution in [3.63, 3.8) is 0 Å². The van der Waals surface area contributed by atoms with Gasteiger partial charge in [-0.25, -0.2) is 4.68 Å². The highest BCUT2D eigenvalue weighted by Gasteiger charge is 2.22. The number of carbonyl (C=O) groups is 1. The molecule has 158 valence electrons. The summed E-state index contributed by atoms with van der Waals surface area (Å²) in [5, 5.41) is 8.45. The number of hydrogen-bond donors (Lipinski definition) is 0. The Labute approximate surface area is 193 Å². The molecule has 1 aliphatic rings. The Morgan fingerprint density at radius 3 is 2.45 bits per heavy atom. The smallest absolute Gasteiger partial charge is 0.253 e. The number of para-hydroxylation sites is 1. The number of aromatic nitrogens is 3. The van der Waals surface area contributed by atoms with Gasteiger partial charge >= 0.3 is 0 Å². The van der Waals surface area contributed by atoms with E-state index in [1.807, 2.05) is 58.1 Å². The van der Waals surface area contributed by atoms with Gasteiger partial charge in [0.05, 0.1) is 15.8 Å². The van der Waals surface area contributed by atoms with Crippen molar-refractivity contribution in [2.45, 2.75) is 13.1 Å². The lowest BCUT2D eigenvalue weighted by molar-refractivity contribution is 0.0629. The molecule has 0 atom stereocenters. The molecule has 8 heteroatoms. The maximum atomic E-state index is 12.9. The number of benzene rings is 2. The minimum Gasteiger partial charge on any atom is -0.336 e. The van der Waals surface area contributed by atoms with Gasteiger partial charge < -0.3 is 4.90 Å². The van der Waals surface area contributed by atoms with Crippen LogP contribution in [-0.2, 0) is 13.1 Å². The van der Waals surface area contributed by atoms with Crippen LogP contribution in [0.15, 0.2) is 64.5 Å². The number of halogens is 1. The maximum Gasteiger partial charge on any atom is 0.253 e. The number of carbonyl (C=O) groups excluding carboxylic acids is 1. The average Bonchev–Trinajstić information content (AvgIpc) is 3.40. The summed E-state index contributed by atoms with van der Waals surface area (Å²) in [7, 11) is 0. The Morgan fingerprint density at radius 2 is 1.71 bits per heavy atom. The third-order valence-electron chi connectivity index (χ3n) is 5.62. The first-order valence-corrected chi connectivity index (χ1v) is 11.9. The van der Waals surface area contributed by atoms with Crippen molar-refractivity contribution in [1.29, 1.82) is 0 Å². The zero-order valence-electron chi connectivity index (χ0n) is 16.9. The minimum absolute atomic E-state index is 0.108. The molecule has 0 N–H and O–H groups in total. The fourth-order valence-corrected chi connectivity index (χ4v) is 5.43. The number of thiophene rings is 1. The molecule has 1 fully saturated rings. The molecule has 0 aliphatic carbocycles. The van der Waals surface area contributed by atoms with Crippen LogP contribution in [0.4, 0.5) is 0 Å². The van der Waals surface area contributed by atoms with Gasteiger partial charge in [0.2, 0.25) is 0 Å². The molecule has 0 unspecified atom stereocenters. The molecule has 0 bridgehead atoms. The van der Waals surface area contributed by atoms with Crippen LogP contribution in [0.25, 0.3) is 11.0 Å². The standard InChI is InChI=1S/C23H22BrN5OS/c24-22-10-9-19(31-22)16-27-11-13-28(14-12-27)23(30)18-7-5-17(6-8-18)15-29-21-4-2-1-3-20(21)25-26-29/h1-10H,11-16H2. The second-order valence-corrected chi connectivity index (χ2v) is 10.3. The van der Waals surface area contributed by atoms with Crippen LogP contribution >= 0.6 is 27.3 Å². The van der Waals surface area contributed by atoms with Crippen LogP contribution < -0.4 is 0 Å². The lowest BCUT2D eigenvalue weighted by Gasteiger charge is -2.34. The van der Waals surface area contributed by atoms with Gasteiger partial charge in [-0.05, 0) is 57.9 Å². The lowest BCUT2D eigenvalue weighted by atomic mass is 10.1. The summed E-state index contributed by atoms with van der Waals surface area (Å²) >= 11 is 5.30. The average molecular weight is 496 g/mol. The van der Waals surface area contributed by atoms with Crippen molar-refractivity contribution in [2.75, 3.05) is 26.2 Å². The van der Waals surface area contributed by atoms with Crippen LogP contribution in [0.2, 0.25) is 0 Å². The van der Waals surface area contributed by atoms with Gasteiger partial charge in [0.1, 0.15) is 5.52 Å². The van der Waals surface area contributed by atoms with Crippen LogP contribution in [0, 0.1) is 0 Å². The first kappa shape index (κ1) is 20.4. The van der Waals surface area contributed by atoms with Crippen molar-refractivity contribution in [3.8, 4) is 0 Å². The lowest BCUT2D eigenvalue weighted by Crippen LogP contribution is -2.48. The van der Waals surface area contributed by atoms with Crippen molar-refractivity contribution >= 4 is 44.2 Å². The molecule has 1 amide bonds. The van der Waals surface area contributed by atoms with Crippen LogP contribution in [-0.4, -0.2) is 56.9 Å². The number of rotatable bonds is 5. The fraction of sp³-hybridized carbons (Fsp3) is 0.261. The normalized spacial score (nSPS) is 14.9. The van der Waals surface area contributed by atoms with Gasteiger partial charge in [-0.15, -0.1) is 16.4 Å². The molecule has 4 aromatic rings. The SMILES string of the molecule is O=C(c1ccc(Cn2nnc3ccccc32)cc1)N1CCN(Cc2ccc(Br)s2)CC1. The molecule has 0 spiro atoms. The Hall–Kier alpha value is -2.55. The van der Waals surface area contributed by atoms with E-state index in [4.69, 9.17) is 0 Å². The van der Waals surface area contributed by atoms with Crippen molar-refractivity contribution in [1.82, 2.24) is 24.8 Å². The highest BCUT2D eigenvalue weighted by atomic mass is 79.9. The molecule has 1 aliphatic heterocycles. The van der Waals surface area contributed by atoms with Gasteiger partial charge in [-0.3, -0.25) is 9.69 Å². The summed E-state index contributed by atoms with van der Waals surface area (Å²) in [6.45, 7) is 4.91. The number of amides is 1. The number of nitrogens with zero attached hydrogens (tertiary/aromatic N) is 5. The van der Waals surface area contributed by atoms with E-state index >= 15 is 0 Å². The van der Waals surface area contributed by atoms with E-state index in [0.717, 1.165) is 58.7 Å². The van der Waals surface area contributed by atoms with Gasteiger partial charge in [0.15, 0.2) is 0 Å². The molecule has 6 nitrogen and oxygen atoms in total. The predicted octanol–water partition coefficient (Wildman–Crippen LogP) is 4.26. The molecular weight excluding hydrogens is 474 g/mol. The van der Waals surface area contributed by atoms with Crippen LogP contribution in [0.1, 0.15) is 20.8 Å². The second-order valence-electron chi connectivity index (χ2n) is 7.71. The number of fused-ring (bicyclic) bond motifs is 1. The van der Waals surface area contributed by atoms with E-state index in [2.05, 4.69) is 43.3 Å². The minimum atomic E-state index is 0.108. The van der Waals surface area contributed by atoms with Crippen LogP contribution in [0.5, 0.6) is 0 Å². The number of piperazine rings is 1. The molecule has 3 heterocycles. The highest BCUT2D eigenvalue weighted by Crippen LogP contribution is 2.24. The Kier molecular flexibility index (Phi) is 5.85. The van der Waals surface area contributed by atoms with Crippen molar-refractivity contribution in [3.05, 3.63) is 80.5 Å². The number of hydrogen-bond acceptors (Lipinski definition) is 5. The van der Waals surface area contributed by atoms with E-state index < -0.39 is 0 Å². The zero-order chi connectivity index (χ0) is 21.2. The van der Waals surface area contributed by atoms with Crippen molar-refractivity contribution in [2.24, 2.45) is 0 Å². The van der Waals surface area contributed by atoms with Gasteiger partial charge in [-0.1, -0.05) is 29.5 Å². The topological polar surface area (TPSA) is 54.3 Å². The first-order valence-electron chi connectivity index (χ1n) is 10.3. The molecule has 2 aromatic heterocycles. The van der Waals surface area contributed by atoms with E-state index in [1.54, 1.807) is 11.3 Å². The monoisotopic (exact) mass is 495 g/mol.